The summed E-state index contributed by atoms with van der Waals surface area (Å²) in [4.78, 5) is 14.9. The molecule has 1 fully saturated rings. The topological polar surface area (TPSA) is 74.0 Å². The number of hydrogen-bond acceptors (Lipinski definition) is 4. The average molecular weight is 394 g/mol. The Balaban J connectivity index is 1.71. The minimum absolute atomic E-state index is 0.0818. The van der Waals surface area contributed by atoms with E-state index < -0.39 is 5.54 Å². The van der Waals surface area contributed by atoms with Gasteiger partial charge in [0, 0.05) is 17.8 Å². The van der Waals surface area contributed by atoms with Crippen LogP contribution in [-0.2, 0) is 11.3 Å². The zero-order chi connectivity index (χ0) is 21.0. The molecule has 0 saturated heterocycles. The van der Waals surface area contributed by atoms with Gasteiger partial charge in [0.1, 0.15) is 5.54 Å². The van der Waals surface area contributed by atoms with E-state index in [0.29, 0.717) is 6.54 Å². The van der Waals surface area contributed by atoms with Crippen molar-refractivity contribution in [2.75, 3.05) is 7.05 Å². The van der Waals surface area contributed by atoms with Crippen LogP contribution in [0.25, 0.3) is 5.69 Å². The lowest BCUT2D eigenvalue weighted by Gasteiger charge is -2.34. The molecule has 1 aromatic carbocycles. The summed E-state index contributed by atoms with van der Waals surface area (Å²) in [7, 11) is 1.95. The van der Waals surface area contributed by atoms with E-state index in [4.69, 9.17) is 5.10 Å². The van der Waals surface area contributed by atoms with Crippen LogP contribution in [0.4, 0.5) is 0 Å². The molecule has 1 amide bonds. The number of para-hydroxylation sites is 1. The van der Waals surface area contributed by atoms with Gasteiger partial charge in [-0.15, -0.1) is 0 Å². The molecule has 29 heavy (non-hydrogen) atoms. The summed E-state index contributed by atoms with van der Waals surface area (Å²) in [6, 6.07) is 12.1. The van der Waals surface area contributed by atoms with Crippen molar-refractivity contribution in [3.05, 3.63) is 47.3 Å². The van der Waals surface area contributed by atoms with Gasteiger partial charge in [0.2, 0.25) is 5.91 Å². The summed E-state index contributed by atoms with van der Waals surface area (Å²) < 4.78 is 1.95. The van der Waals surface area contributed by atoms with E-state index in [1.54, 1.807) is 0 Å². The summed E-state index contributed by atoms with van der Waals surface area (Å²) in [6.07, 6.45) is 4.62. The molecule has 1 atom stereocenters. The number of benzene rings is 1. The van der Waals surface area contributed by atoms with Crippen LogP contribution < -0.4 is 5.32 Å². The average Bonchev–Trinajstić information content (AvgIpc) is 3.02. The Bertz CT molecular complexity index is 890. The maximum absolute atomic E-state index is 12.9. The van der Waals surface area contributed by atoms with Crippen LogP contribution in [0.1, 0.15) is 56.0 Å². The Hall–Kier alpha value is -2.65. The molecule has 1 saturated carbocycles. The first-order valence-corrected chi connectivity index (χ1v) is 10.4. The molecule has 0 bridgehead atoms. The Kier molecular flexibility index (Phi) is 6.39. The van der Waals surface area contributed by atoms with Gasteiger partial charge in [-0.25, -0.2) is 4.68 Å². The van der Waals surface area contributed by atoms with Crippen molar-refractivity contribution in [1.82, 2.24) is 20.0 Å². The number of amides is 1. The summed E-state index contributed by atoms with van der Waals surface area (Å²) in [5, 5.41) is 17.4. The van der Waals surface area contributed by atoms with Crippen molar-refractivity contribution in [3.8, 4) is 11.8 Å². The van der Waals surface area contributed by atoms with E-state index in [1.807, 2.05) is 60.8 Å². The number of likely N-dealkylation sites (N-methyl/N-ethyl adjacent to an activating group) is 1. The highest BCUT2D eigenvalue weighted by molar-refractivity contribution is 5.82. The molecule has 1 aliphatic rings. The summed E-state index contributed by atoms with van der Waals surface area (Å²) in [5.41, 5.74) is 3.50. The second kappa shape index (κ2) is 8.79. The first kappa shape index (κ1) is 21.1. The lowest BCUT2D eigenvalue weighted by Crippen LogP contribution is -2.54. The molecule has 154 valence electrons. The first-order valence-electron chi connectivity index (χ1n) is 10.4. The molecule has 0 radical (unpaired) electrons. The van der Waals surface area contributed by atoms with Crippen molar-refractivity contribution < 1.29 is 4.79 Å². The van der Waals surface area contributed by atoms with Crippen molar-refractivity contribution in [2.24, 2.45) is 0 Å². The Morgan fingerprint density at radius 3 is 2.55 bits per heavy atom. The molecule has 1 aliphatic carbocycles. The standard InChI is InChI=1S/C23H31N5O/c1-17-21(18(2)28(26-17)20-11-7-5-8-12-20)15-27(4)19(3)22(29)25-23(16-24)13-9-6-10-14-23/h5,7-8,11-12,19H,6,9-10,13-15H2,1-4H3,(H,25,29). The summed E-state index contributed by atoms with van der Waals surface area (Å²) >= 11 is 0. The van der Waals surface area contributed by atoms with Crippen LogP contribution in [-0.4, -0.2) is 39.2 Å². The van der Waals surface area contributed by atoms with Crippen molar-refractivity contribution >= 4 is 5.91 Å². The molecular formula is C23H31N5O. The minimum atomic E-state index is -0.700. The maximum atomic E-state index is 12.9. The third kappa shape index (κ3) is 4.51. The molecule has 6 nitrogen and oxygen atoms in total. The van der Waals surface area contributed by atoms with Crippen LogP contribution in [0.15, 0.2) is 30.3 Å². The van der Waals surface area contributed by atoms with Crippen LogP contribution in [0, 0.1) is 25.2 Å². The number of aryl methyl sites for hydroxylation is 1. The fraction of sp³-hybridized carbons (Fsp3) is 0.522. The predicted molar refractivity (Wildman–Crippen MR) is 114 cm³/mol. The van der Waals surface area contributed by atoms with E-state index in [1.165, 1.54) is 0 Å². The van der Waals surface area contributed by atoms with Crippen LogP contribution in [0.2, 0.25) is 0 Å². The van der Waals surface area contributed by atoms with Crippen LogP contribution in [0.5, 0.6) is 0 Å². The second-order valence-electron chi connectivity index (χ2n) is 8.23. The fourth-order valence-electron chi connectivity index (χ4n) is 4.07. The number of hydrogen-bond donors (Lipinski definition) is 1. The Morgan fingerprint density at radius 2 is 1.93 bits per heavy atom. The number of nitriles is 1. The summed E-state index contributed by atoms with van der Waals surface area (Å²) in [5.74, 6) is -0.0818. The van der Waals surface area contributed by atoms with Crippen molar-refractivity contribution in [1.29, 1.82) is 5.26 Å². The van der Waals surface area contributed by atoms with E-state index >= 15 is 0 Å². The van der Waals surface area contributed by atoms with Gasteiger partial charge in [0.15, 0.2) is 0 Å². The molecule has 0 spiro atoms. The van der Waals surface area contributed by atoms with Gasteiger partial charge < -0.3 is 5.32 Å². The van der Waals surface area contributed by atoms with Gasteiger partial charge in [0.25, 0.3) is 0 Å². The zero-order valence-corrected chi connectivity index (χ0v) is 17.9. The molecular weight excluding hydrogens is 362 g/mol. The SMILES string of the molecule is Cc1nn(-c2ccccc2)c(C)c1CN(C)C(C)C(=O)NC1(C#N)CCCCC1. The number of carbonyl (C=O) groups excluding carboxylic acids is 1. The highest BCUT2D eigenvalue weighted by Gasteiger charge is 2.35. The van der Waals surface area contributed by atoms with E-state index in [-0.39, 0.29) is 11.9 Å². The highest BCUT2D eigenvalue weighted by atomic mass is 16.2. The first-order chi connectivity index (χ1) is 13.9. The van der Waals surface area contributed by atoms with E-state index in [9.17, 15) is 10.1 Å². The highest BCUT2D eigenvalue weighted by Crippen LogP contribution is 2.28. The van der Waals surface area contributed by atoms with E-state index in [2.05, 4.69) is 18.3 Å². The van der Waals surface area contributed by atoms with Crippen molar-refractivity contribution in [2.45, 2.75) is 71.0 Å². The Morgan fingerprint density at radius 1 is 1.28 bits per heavy atom. The minimum Gasteiger partial charge on any atom is -0.336 e. The van der Waals surface area contributed by atoms with Gasteiger partial charge in [0.05, 0.1) is 23.5 Å². The number of carbonyl (C=O) groups is 1. The molecule has 1 aromatic heterocycles. The number of nitrogens with zero attached hydrogens (tertiary/aromatic N) is 4. The Labute approximate surface area is 173 Å². The zero-order valence-electron chi connectivity index (χ0n) is 17.9. The van der Waals surface area contributed by atoms with Gasteiger partial charge in [-0.05, 0) is 52.8 Å². The smallest absolute Gasteiger partial charge is 0.238 e. The molecule has 6 heteroatoms. The van der Waals surface area contributed by atoms with E-state index in [0.717, 1.165) is 54.7 Å². The number of rotatable bonds is 6. The molecule has 3 rings (SSSR count). The molecule has 0 aliphatic heterocycles. The number of aromatic nitrogens is 2. The van der Waals surface area contributed by atoms with Crippen molar-refractivity contribution in [3.63, 3.8) is 0 Å². The monoisotopic (exact) mass is 393 g/mol. The fourth-order valence-corrected chi connectivity index (χ4v) is 4.07. The summed E-state index contributed by atoms with van der Waals surface area (Å²) in [6.45, 7) is 6.59. The molecule has 1 unspecified atom stereocenters. The van der Waals surface area contributed by atoms with Crippen LogP contribution in [0.3, 0.4) is 0 Å². The van der Waals surface area contributed by atoms with Gasteiger partial charge in [-0.1, -0.05) is 37.5 Å². The molecule has 1 heterocycles. The largest absolute Gasteiger partial charge is 0.336 e. The van der Waals surface area contributed by atoms with Gasteiger partial charge in [-0.2, -0.15) is 10.4 Å². The lowest BCUT2D eigenvalue weighted by atomic mass is 9.82. The second-order valence-corrected chi connectivity index (χ2v) is 8.23. The van der Waals surface area contributed by atoms with Gasteiger partial charge in [-0.3, -0.25) is 9.69 Å². The molecule has 1 N–H and O–H groups in total. The molecule has 2 aromatic rings. The third-order valence-electron chi connectivity index (χ3n) is 6.17. The van der Waals surface area contributed by atoms with Gasteiger partial charge >= 0.3 is 0 Å². The predicted octanol–water partition coefficient (Wildman–Crippen LogP) is 3.65. The number of nitrogens with one attached hydrogen (secondary N) is 1. The maximum Gasteiger partial charge on any atom is 0.238 e. The normalized spacial score (nSPS) is 17.0. The quantitative estimate of drug-likeness (QED) is 0.813. The third-order valence-corrected chi connectivity index (χ3v) is 6.17. The van der Waals surface area contributed by atoms with Crippen LogP contribution >= 0.6 is 0 Å². The lowest BCUT2D eigenvalue weighted by molar-refractivity contribution is -0.127.